The Hall–Kier alpha value is -1.90. The summed E-state index contributed by atoms with van der Waals surface area (Å²) in [6.45, 7) is 6.48. The summed E-state index contributed by atoms with van der Waals surface area (Å²) in [7, 11) is 0. The lowest BCUT2D eigenvalue weighted by Crippen LogP contribution is -2.28. The fraction of sp³-hybridized carbons (Fsp3) is 0.333. The van der Waals surface area contributed by atoms with E-state index in [2.05, 4.69) is 61.2 Å². The van der Waals surface area contributed by atoms with Gasteiger partial charge in [0.15, 0.2) is 0 Å². The second kappa shape index (κ2) is 5.17. The molecule has 1 aromatic carbocycles. The lowest BCUT2D eigenvalue weighted by atomic mass is 9.87. The van der Waals surface area contributed by atoms with Crippen LogP contribution >= 0.6 is 0 Å². The molecule has 1 aromatic heterocycles. The van der Waals surface area contributed by atoms with Gasteiger partial charge in [-0.25, -0.2) is 9.67 Å². The summed E-state index contributed by atoms with van der Waals surface area (Å²) in [5, 5.41) is 4.28. The van der Waals surface area contributed by atoms with Crippen molar-refractivity contribution in [2.75, 3.05) is 0 Å². The van der Waals surface area contributed by atoms with Gasteiger partial charge in [0.05, 0.1) is 5.54 Å². The van der Waals surface area contributed by atoms with Gasteiger partial charge in [-0.2, -0.15) is 5.10 Å². The molecule has 0 atom stereocenters. The van der Waals surface area contributed by atoms with E-state index >= 15 is 0 Å². The van der Waals surface area contributed by atoms with E-state index in [1.54, 1.807) is 12.7 Å². The van der Waals surface area contributed by atoms with Crippen molar-refractivity contribution in [2.24, 2.45) is 0 Å². The lowest BCUT2D eigenvalue weighted by molar-refractivity contribution is 0.420. The monoisotopic (exact) mass is 241 g/mol. The first-order valence-corrected chi connectivity index (χ1v) is 6.27. The van der Waals surface area contributed by atoms with E-state index in [1.807, 2.05) is 10.7 Å². The average Bonchev–Trinajstić information content (AvgIpc) is 2.91. The molecule has 1 heterocycles. The van der Waals surface area contributed by atoms with Crippen molar-refractivity contribution in [2.45, 2.75) is 32.7 Å². The zero-order valence-electron chi connectivity index (χ0n) is 11.2. The molecule has 2 rings (SSSR count). The highest BCUT2D eigenvalue weighted by Crippen LogP contribution is 2.32. The van der Waals surface area contributed by atoms with E-state index in [9.17, 15) is 0 Å². The van der Waals surface area contributed by atoms with Crippen LogP contribution in [0.1, 0.15) is 32.8 Å². The molecule has 0 N–H and O–H groups in total. The van der Waals surface area contributed by atoms with Gasteiger partial charge in [0.1, 0.15) is 12.7 Å². The summed E-state index contributed by atoms with van der Waals surface area (Å²) in [5.74, 6) is 0. The third kappa shape index (κ3) is 2.35. The van der Waals surface area contributed by atoms with Gasteiger partial charge in [-0.1, -0.05) is 43.3 Å². The molecule has 3 heteroatoms. The van der Waals surface area contributed by atoms with Crippen molar-refractivity contribution in [3.05, 3.63) is 54.6 Å². The van der Waals surface area contributed by atoms with E-state index in [4.69, 9.17) is 0 Å². The third-order valence-corrected chi connectivity index (χ3v) is 3.14. The molecule has 3 nitrogen and oxygen atoms in total. The third-order valence-electron chi connectivity index (χ3n) is 3.14. The highest BCUT2D eigenvalue weighted by Gasteiger charge is 2.26. The largest absolute Gasteiger partial charge is 0.243 e. The molecule has 0 fully saturated rings. The molecule has 0 saturated heterocycles. The second-order valence-corrected chi connectivity index (χ2v) is 4.79. The fourth-order valence-electron chi connectivity index (χ4n) is 2.16. The summed E-state index contributed by atoms with van der Waals surface area (Å²) < 4.78 is 1.90. The number of rotatable bonds is 4. The Bertz CT molecular complexity index is 510. The summed E-state index contributed by atoms with van der Waals surface area (Å²) in [5.41, 5.74) is 2.31. The Labute approximate surface area is 108 Å². The average molecular weight is 241 g/mol. The quantitative estimate of drug-likeness (QED) is 0.820. The van der Waals surface area contributed by atoms with E-state index < -0.39 is 0 Å². The molecule has 0 unspecified atom stereocenters. The normalized spacial score (nSPS) is 12.7. The van der Waals surface area contributed by atoms with Crippen LogP contribution in [0.25, 0.3) is 5.57 Å². The van der Waals surface area contributed by atoms with Crippen LogP contribution in [-0.2, 0) is 5.54 Å². The van der Waals surface area contributed by atoms with E-state index in [1.165, 1.54) is 11.1 Å². The molecular formula is C15H19N3. The van der Waals surface area contributed by atoms with Crippen LogP contribution in [-0.4, -0.2) is 14.8 Å². The fourth-order valence-corrected chi connectivity index (χ4v) is 2.16. The number of aromatic nitrogens is 3. The van der Waals surface area contributed by atoms with Crippen molar-refractivity contribution in [1.29, 1.82) is 0 Å². The highest BCUT2D eigenvalue weighted by molar-refractivity contribution is 5.70. The number of allylic oxidation sites excluding steroid dienone is 2. The smallest absolute Gasteiger partial charge is 0.137 e. The van der Waals surface area contributed by atoms with E-state index in [-0.39, 0.29) is 5.54 Å². The van der Waals surface area contributed by atoms with Crippen molar-refractivity contribution in [3.63, 3.8) is 0 Å². The van der Waals surface area contributed by atoms with Gasteiger partial charge in [0.25, 0.3) is 0 Å². The van der Waals surface area contributed by atoms with Crippen LogP contribution in [0.5, 0.6) is 0 Å². The molecule has 0 bridgehead atoms. The predicted octanol–water partition coefficient (Wildman–Crippen LogP) is 3.51. The van der Waals surface area contributed by atoms with Crippen LogP contribution in [0.3, 0.4) is 0 Å². The van der Waals surface area contributed by atoms with Crippen LogP contribution in [0.2, 0.25) is 0 Å². The summed E-state index contributed by atoms with van der Waals surface area (Å²) in [6.07, 6.45) is 6.61. The molecule has 0 saturated carbocycles. The Morgan fingerprint density at radius 2 is 2.00 bits per heavy atom. The minimum Gasteiger partial charge on any atom is -0.243 e. The van der Waals surface area contributed by atoms with E-state index in [0.29, 0.717) is 0 Å². The lowest BCUT2D eigenvalue weighted by Gasteiger charge is -2.28. The molecule has 0 aliphatic carbocycles. The topological polar surface area (TPSA) is 30.7 Å². The highest BCUT2D eigenvalue weighted by atomic mass is 15.3. The second-order valence-electron chi connectivity index (χ2n) is 4.79. The molecule has 0 amide bonds. The Morgan fingerprint density at radius 3 is 2.56 bits per heavy atom. The van der Waals surface area contributed by atoms with Gasteiger partial charge >= 0.3 is 0 Å². The van der Waals surface area contributed by atoms with E-state index in [0.717, 1.165) is 6.42 Å². The van der Waals surface area contributed by atoms with Crippen molar-refractivity contribution >= 4 is 5.57 Å². The van der Waals surface area contributed by atoms with Gasteiger partial charge in [0, 0.05) is 0 Å². The van der Waals surface area contributed by atoms with Crippen LogP contribution in [0, 0.1) is 0 Å². The summed E-state index contributed by atoms with van der Waals surface area (Å²) in [6, 6.07) is 10.4. The molecule has 2 aromatic rings. The molecule has 18 heavy (non-hydrogen) atoms. The SMILES string of the molecule is CCC=C(c1ccccc1)C(C)(C)n1cncn1. The van der Waals surface area contributed by atoms with Crippen molar-refractivity contribution < 1.29 is 0 Å². The van der Waals surface area contributed by atoms with Crippen molar-refractivity contribution in [3.8, 4) is 0 Å². The Morgan fingerprint density at radius 1 is 1.28 bits per heavy atom. The van der Waals surface area contributed by atoms with Gasteiger partial charge in [-0.3, -0.25) is 0 Å². The molecule has 0 radical (unpaired) electrons. The molecule has 0 aliphatic heterocycles. The van der Waals surface area contributed by atoms with Crippen LogP contribution in [0.4, 0.5) is 0 Å². The maximum absolute atomic E-state index is 4.28. The maximum Gasteiger partial charge on any atom is 0.137 e. The minimum atomic E-state index is -0.201. The molecular weight excluding hydrogens is 222 g/mol. The molecule has 94 valence electrons. The van der Waals surface area contributed by atoms with Crippen LogP contribution < -0.4 is 0 Å². The van der Waals surface area contributed by atoms with Gasteiger partial charge < -0.3 is 0 Å². The van der Waals surface area contributed by atoms with Gasteiger partial charge in [0.2, 0.25) is 0 Å². The standard InChI is InChI=1S/C15H19N3/c1-4-8-14(13-9-6-5-7-10-13)15(2,3)18-12-16-11-17-18/h5-12H,4H2,1-3H3. The summed E-state index contributed by atoms with van der Waals surface area (Å²) >= 11 is 0. The van der Waals surface area contributed by atoms with Crippen LogP contribution in [0.15, 0.2) is 49.1 Å². The molecule has 0 aliphatic rings. The number of benzene rings is 1. The maximum atomic E-state index is 4.28. The Balaban J connectivity index is 2.47. The first-order valence-electron chi connectivity index (χ1n) is 6.27. The van der Waals surface area contributed by atoms with Gasteiger partial charge in [-0.05, 0) is 31.4 Å². The minimum absolute atomic E-state index is 0.201. The van der Waals surface area contributed by atoms with Crippen molar-refractivity contribution in [1.82, 2.24) is 14.8 Å². The number of hydrogen-bond acceptors (Lipinski definition) is 2. The zero-order chi connectivity index (χ0) is 13.0. The number of nitrogens with zero attached hydrogens (tertiary/aromatic N) is 3. The first-order chi connectivity index (χ1) is 8.66. The first kappa shape index (κ1) is 12.6. The number of hydrogen-bond donors (Lipinski definition) is 0. The zero-order valence-corrected chi connectivity index (χ0v) is 11.2. The molecule has 0 spiro atoms. The summed E-state index contributed by atoms with van der Waals surface area (Å²) in [4.78, 5) is 4.05. The predicted molar refractivity (Wildman–Crippen MR) is 74.1 cm³/mol. The Kier molecular flexibility index (Phi) is 3.60. The van der Waals surface area contributed by atoms with Gasteiger partial charge in [-0.15, -0.1) is 0 Å².